The Labute approximate surface area is 127 Å². The topological polar surface area (TPSA) is 29.1 Å². The van der Waals surface area contributed by atoms with Crippen LogP contribution in [0.2, 0.25) is 0 Å². The van der Waals surface area contributed by atoms with Gasteiger partial charge in [0.1, 0.15) is 0 Å². The van der Waals surface area contributed by atoms with Crippen LogP contribution in [0.15, 0.2) is 29.2 Å². The maximum absolute atomic E-state index is 12.1. The molecule has 104 valence electrons. The Bertz CT molecular complexity index is 426. The molecule has 1 aliphatic carbocycles. The monoisotopic (exact) mass is 341 g/mol. The van der Waals surface area contributed by atoms with Crippen LogP contribution in [0.25, 0.3) is 0 Å². The summed E-state index contributed by atoms with van der Waals surface area (Å²) in [6, 6.07) is 7.79. The molecule has 4 heteroatoms. The minimum absolute atomic E-state index is 0.0416. The van der Waals surface area contributed by atoms with Gasteiger partial charge in [-0.3, -0.25) is 4.79 Å². The van der Waals surface area contributed by atoms with Gasteiger partial charge in [-0.2, -0.15) is 0 Å². The summed E-state index contributed by atoms with van der Waals surface area (Å²) >= 11 is 5.29. The van der Waals surface area contributed by atoms with Crippen LogP contribution in [-0.2, 0) is 0 Å². The van der Waals surface area contributed by atoms with Crippen LogP contribution in [0.1, 0.15) is 36.0 Å². The van der Waals surface area contributed by atoms with Crippen LogP contribution < -0.4 is 5.32 Å². The quantitative estimate of drug-likeness (QED) is 0.645. The van der Waals surface area contributed by atoms with Crippen LogP contribution in [0.3, 0.4) is 0 Å². The highest BCUT2D eigenvalue weighted by Gasteiger charge is 2.32. The molecule has 0 aromatic heterocycles. The van der Waals surface area contributed by atoms with E-state index in [1.165, 1.54) is 30.6 Å². The molecular formula is C15H20BrNOS. The van der Waals surface area contributed by atoms with E-state index >= 15 is 0 Å². The van der Waals surface area contributed by atoms with Crippen LogP contribution in [-0.4, -0.2) is 24.0 Å². The Kier molecular flexibility index (Phi) is 5.34. The molecule has 1 N–H and O–H groups in total. The molecule has 1 aliphatic rings. The molecule has 2 rings (SSSR count). The molecule has 1 amide bonds. The van der Waals surface area contributed by atoms with Gasteiger partial charge in [0.2, 0.25) is 0 Å². The van der Waals surface area contributed by atoms with Gasteiger partial charge in [-0.25, -0.2) is 0 Å². The number of amides is 1. The smallest absolute Gasteiger partial charge is 0.251 e. The lowest BCUT2D eigenvalue weighted by molar-refractivity contribution is 0.0935. The summed E-state index contributed by atoms with van der Waals surface area (Å²) in [5.41, 5.74) is 1.02. The highest BCUT2D eigenvalue weighted by molar-refractivity contribution is 9.09. The zero-order chi connectivity index (χ0) is 13.7. The number of hydrogen-bond donors (Lipinski definition) is 1. The van der Waals surface area contributed by atoms with Crippen LogP contribution in [0.4, 0.5) is 0 Å². The van der Waals surface area contributed by atoms with Crippen molar-refractivity contribution in [2.45, 2.75) is 30.6 Å². The van der Waals surface area contributed by atoms with Gasteiger partial charge in [-0.1, -0.05) is 28.8 Å². The fourth-order valence-electron chi connectivity index (χ4n) is 2.59. The van der Waals surface area contributed by atoms with Gasteiger partial charge >= 0.3 is 0 Å². The van der Waals surface area contributed by atoms with Crippen LogP contribution >= 0.6 is 27.7 Å². The van der Waals surface area contributed by atoms with E-state index in [9.17, 15) is 4.79 Å². The van der Waals surface area contributed by atoms with Gasteiger partial charge in [0.25, 0.3) is 5.91 Å². The highest BCUT2D eigenvalue weighted by Crippen LogP contribution is 2.38. The Morgan fingerprint density at radius 2 is 1.95 bits per heavy atom. The number of thioether (sulfide) groups is 1. The number of benzene rings is 1. The number of carbonyl (C=O) groups excluding carboxylic acids is 1. The number of hydrogen-bond acceptors (Lipinski definition) is 2. The van der Waals surface area contributed by atoms with Crippen molar-refractivity contribution in [3.05, 3.63) is 29.8 Å². The second-order valence-electron chi connectivity index (χ2n) is 5.25. The first kappa shape index (κ1) is 14.9. The van der Waals surface area contributed by atoms with Crippen molar-refractivity contribution in [2.75, 3.05) is 18.1 Å². The molecule has 0 unspecified atom stereocenters. The van der Waals surface area contributed by atoms with E-state index in [4.69, 9.17) is 0 Å². The second-order valence-corrected chi connectivity index (χ2v) is 6.69. The summed E-state index contributed by atoms with van der Waals surface area (Å²) in [4.78, 5) is 13.3. The largest absolute Gasteiger partial charge is 0.351 e. The molecular weight excluding hydrogens is 322 g/mol. The third-order valence-electron chi connectivity index (χ3n) is 3.92. The summed E-state index contributed by atoms with van der Waals surface area (Å²) in [6.07, 6.45) is 7.02. The molecule has 0 saturated heterocycles. The van der Waals surface area contributed by atoms with Gasteiger partial charge in [0.05, 0.1) is 0 Å². The lowest BCUT2D eigenvalue weighted by atomic mass is 9.89. The molecule has 19 heavy (non-hydrogen) atoms. The van der Waals surface area contributed by atoms with Crippen molar-refractivity contribution in [3.63, 3.8) is 0 Å². The minimum atomic E-state index is 0.0416. The number of carbonyl (C=O) groups is 1. The maximum atomic E-state index is 12.1. The Morgan fingerprint density at radius 3 is 2.47 bits per heavy atom. The highest BCUT2D eigenvalue weighted by atomic mass is 79.9. The summed E-state index contributed by atoms with van der Waals surface area (Å²) in [5, 5.41) is 4.07. The van der Waals surface area contributed by atoms with Gasteiger partial charge in [0.15, 0.2) is 0 Å². The van der Waals surface area contributed by atoms with E-state index in [1.807, 2.05) is 30.5 Å². The fraction of sp³-hybridized carbons (Fsp3) is 0.533. The summed E-state index contributed by atoms with van der Waals surface area (Å²) < 4.78 is 0. The zero-order valence-electron chi connectivity index (χ0n) is 11.2. The molecule has 0 radical (unpaired) electrons. The summed E-state index contributed by atoms with van der Waals surface area (Å²) in [6.45, 7) is 0.779. The zero-order valence-corrected chi connectivity index (χ0v) is 13.6. The molecule has 2 nitrogen and oxygen atoms in total. The molecule has 1 aromatic rings. The van der Waals surface area contributed by atoms with Crippen LogP contribution in [0, 0.1) is 5.41 Å². The predicted molar refractivity (Wildman–Crippen MR) is 85.3 cm³/mol. The Hall–Kier alpha value is -0.480. The predicted octanol–water partition coefficient (Wildman–Crippen LogP) is 4.09. The summed E-state index contributed by atoms with van der Waals surface area (Å²) in [7, 11) is 0. The van der Waals surface area contributed by atoms with E-state index in [0.717, 1.165) is 17.4 Å². The van der Waals surface area contributed by atoms with Crippen molar-refractivity contribution < 1.29 is 4.79 Å². The maximum Gasteiger partial charge on any atom is 0.251 e. The molecule has 0 spiro atoms. The SMILES string of the molecule is CSc1ccc(C(=O)NCC2(CBr)CCCC2)cc1. The molecule has 0 heterocycles. The molecule has 1 fully saturated rings. The Morgan fingerprint density at radius 1 is 1.32 bits per heavy atom. The second kappa shape index (κ2) is 6.80. The van der Waals surface area contributed by atoms with Crippen molar-refractivity contribution in [1.29, 1.82) is 0 Å². The standard InChI is InChI=1S/C15H20BrNOS/c1-19-13-6-4-12(5-7-13)14(18)17-11-15(10-16)8-2-3-9-15/h4-7H,2-3,8-11H2,1H3,(H,17,18). The number of halogens is 1. The summed E-state index contributed by atoms with van der Waals surface area (Å²) in [5.74, 6) is 0.0416. The average Bonchev–Trinajstić information content (AvgIpc) is 2.94. The van der Waals surface area contributed by atoms with Crippen LogP contribution in [0.5, 0.6) is 0 Å². The first-order valence-corrected chi connectivity index (χ1v) is 9.02. The van der Waals surface area contributed by atoms with Gasteiger partial charge in [0, 0.05) is 22.3 Å². The molecule has 0 atom stereocenters. The van der Waals surface area contributed by atoms with Gasteiger partial charge in [-0.05, 0) is 48.8 Å². The molecule has 1 saturated carbocycles. The fourth-order valence-corrected chi connectivity index (χ4v) is 3.76. The molecule has 1 aromatic carbocycles. The average molecular weight is 342 g/mol. The third-order valence-corrected chi connectivity index (χ3v) is 5.86. The van der Waals surface area contributed by atoms with E-state index in [0.29, 0.717) is 0 Å². The van der Waals surface area contributed by atoms with E-state index in [1.54, 1.807) is 11.8 Å². The first-order chi connectivity index (χ1) is 9.19. The minimum Gasteiger partial charge on any atom is -0.351 e. The number of nitrogens with one attached hydrogen (secondary N) is 1. The number of rotatable bonds is 5. The van der Waals surface area contributed by atoms with Crippen molar-refractivity contribution in [2.24, 2.45) is 5.41 Å². The van der Waals surface area contributed by atoms with E-state index < -0.39 is 0 Å². The van der Waals surface area contributed by atoms with Crippen molar-refractivity contribution in [1.82, 2.24) is 5.32 Å². The third kappa shape index (κ3) is 3.76. The first-order valence-electron chi connectivity index (χ1n) is 6.67. The van der Waals surface area contributed by atoms with Gasteiger partial charge in [-0.15, -0.1) is 11.8 Å². The normalized spacial score (nSPS) is 17.4. The molecule has 0 bridgehead atoms. The number of alkyl halides is 1. The van der Waals surface area contributed by atoms with Crippen molar-refractivity contribution in [3.8, 4) is 0 Å². The lowest BCUT2D eigenvalue weighted by Gasteiger charge is -2.26. The lowest BCUT2D eigenvalue weighted by Crippen LogP contribution is -2.37. The molecule has 0 aliphatic heterocycles. The van der Waals surface area contributed by atoms with Gasteiger partial charge < -0.3 is 5.32 Å². The Balaban J connectivity index is 1.93. The van der Waals surface area contributed by atoms with Crippen molar-refractivity contribution >= 4 is 33.6 Å². The van der Waals surface area contributed by atoms with E-state index in [-0.39, 0.29) is 11.3 Å². The van der Waals surface area contributed by atoms with E-state index in [2.05, 4.69) is 21.2 Å².